The average Bonchev–Trinajstić information content (AvgIpc) is 2.35. The van der Waals surface area contributed by atoms with E-state index in [0.29, 0.717) is 12.5 Å². The van der Waals surface area contributed by atoms with Crippen LogP contribution >= 0.6 is 15.9 Å². The number of hydrogen-bond donors (Lipinski definition) is 0. The third-order valence-corrected chi connectivity index (χ3v) is 2.76. The van der Waals surface area contributed by atoms with Crippen molar-refractivity contribution in [2.75, 3.05) is 29.9 Å². The number of halogens is 1. The van der Waals surface area contributed by atoms with Crippen molar-refractivity contribution in [2.24, 2.45) is 0 Å². The Kier molecular flexibility index (Phi) is 7.01. The first-order chi connectivity index (χ1) is 8.71. The Labute approximate surface area is 118 Å². The zero-order valence-corrected chi connectivity index (χ0v) is 13.0. The molecule has 1 heterocycles. The number of anilines is 1. The van der Waals surface area contributed by atoms with Crippen LogP contribution in [0.15, 0.2) is 6.07 Å². The first kappa shape index (κ1) is 15.2. The molecule has 0 bridgehead atoms. The second kappa shape index (κ2) is 8.29. The maximum Gasteiger partial charge on any atom is 0.228 e. The smallest absolute Gasteiger partial charge is 0.228 e. The van der Waals surface area contributed by atoms with Gasteiger partial charge in [-0.05, 0) is 19.8 Å². The molecule has 18 heavy (non-hydrogen) atoms. The molecule has 1 aromatic rings. The Morgan fingerprint density at radius 3 is 2.61 bits per heavy atom. The van der Waals surface area contributed by atoms with E-state index in [4.69, 9.17) is 4.74 Å². The van der Waals surface area contributed by atoms with E-state index in [-0.39, 0.29) is 0 Å². The maximum atomic E-state index is 5.59. The van der Waals surface area contributed by atoms with Crippen LogP contribution in [-0.4, -0.2) is 35.0 Å². The fraction of sp³-hybridized carbons (Fsp3) is 0.692. The Bertz CT molecular complexity index is 354. The zero-order valence-electron chi connectivity index (χ0n) is 11.4. The van der Waals surface area contributed by atoms with Gasteiger partial charge in [-0.2, -0.15) is 4.98 Å². The number of aryl methyl sites for hydroxylation is 1. The van der Waals surface area contributed by atoms with Gasteiger partial charge in [-0.3, -0.25) is 0 Å². The van der Waals surface area contributed by atoms with Crippen LogP contribution in [0.1, 0.15) is 32.4 Å². The number of hydrogen-bond acceptors (Lipinski definition) is 4. The average molecular weight is 316 g/mol. The number of nitrogens with zero attached hydrogens (tertiary/aromatic N) is 3. The van der Waals surface area contributed by atoms with Crippen molar-refractivity contribution in [2.45, 2.75) is 33.6 Å². The summed E-state index contributed by atoms with van der Waals surface area (Å²) in [5, 5.41) is 0.912. The molecule has 0 aliphatic heterocycles. The zero-order chi connectivity index (χ0) is 13.4. The highest BCUT2D eigenvalue weighted by Gasteiger charge is 2.10. The molecule has 0 aliphatic rings. The van der Waals surface area contributed by atoms with Crippen molar-refractivity contribution in [1.82, 2.24) is 9.97 Å². The Balaban J connectivity index is 2.87. The molecule has 0 saturated heterocycles. The molecule has 1 aromatic heterocycles. The van der Waals surface area contributed by atoms with Gasteiger partial charge in [0.1, 0.15) is 0 Å². The highest BCUT2D eigenvalue weighted by Crippen LogP contribution is 2.16. The predicted octanol–water partition coefficient (Wildman–Crippen LogP) is 3.19. The van der Waals surface area contributed by atoms with Crippen molar-refractivity contribution in [3.8, 4) is 5.88 Å². The van der Waals surface area contributed by atoms with Crippen molar-refractivity contribution in [1.29, 1.82) is 0 Å². The summed E-state index contributed by atoms with van der Waals surface area (Å²) in [7, 11) is 0. The molecular formula is C13H22BrN3O. The molecule has 0 aliphatic carbocycles. The first-order valence-corrected chi connectivity index (χ1v) is 7.62. The van der Waals surface area contributed by atoms with Crippen LogP contribution in [0.2, 0.25) is 0 Å². The van der Waals surface area contributed by atoms with Crippen LogP contribution in [0.25, 0.3) is 0 Å². The Morgan fingerprint density at radius 1 is 1.22 bits per heavy atom. The van der Waals surface area contributed by atoms with Crippen LogP contribution in [0.3, 0.4) is 0 Å². The molecule has 5 heteroatoms. The van der Waals surface area contributed by atoms with E-state index in [1.807, 2.05) is 13.0 Å². The number of ether oxygens (including phenoxy) is 1. The van der Waals surface area contributed by atoms with Crippen molar-refractivity contribution in [3.05, 3.63) is 11.8 Å². The van der Waals surface area contributed by atoms with E-state index in [2.05, 4.69) is 44.6 Å². The Hall–Kier alpha value is -0.840. The molecule has 0 aromatic carbocycles. The molecule has 0 atom stereocenters. The van der Waals surface area contributed by atoms with Gasteiger partial charge in [-0.25, -0.2) is 4.98 Å². The topological polar surface area (TPSA) is 38.2 Å². The van der Waals surface area contributed by atoms with Crippen molar-refractivity contribution < 1.29 is 4.74 Å². The Morgan fingerprint density at radius 2 is 2.00 bits per heavy atom. The molecule has 0 saturated carbocycles. The van der Waals surface area contributed by atoms with Crippen LogP contribution in [0.5, 0.6) is 5.88 Å². The summed E-state index contributed by atoms with van der Waals surface area (Å²) in [6, 6.07) is 1.89. The van der Waals surface area contributed by atoms with Gasteiger partial charge in [0.2, 0.25) is 11.8 Å². The van der Waals surface area contributed by atoms with Gasteiger partial charge in [0.15, 0.2) is 0 Å². The van der Waals surface area contributed by atoms with Crippen molar-refractivity contribution >= 4 is 21.9 Å². The molecule has 4 nitrogen and oxygen atoms in total. The molecule has 0 unspecified atom stereocenters. The van der Waals surface area contributed by atoms with E-state index >= 15 is 0 Å². The van der Waals surface area contributed by atoms with Gasteiger partial charge < -0.3 is 9.64 Å². The molecule has 1 rings (SSSR count). The minimum absolute atomic E-state index is 0.676. The minimum atomic E-state index is 0.676. The normalized spacial score (nSPS) is 10.4. The summed E-state index contributed by atoms with van der Waals surface area (Å²) in [6.07, 6.45) is 2.06. The van der Waals surface area contributed by atoms with Crippen LogP contribution in [-0.2, 0) is 0 Å². The fourth-order valence-corrected chi connectivity index (χ4v) is 2.06. The molecule has 0 N–H and O–H groups in total. The monoisotopic (exact) mass is 315 g/mol. The quantitative estimate of drug-likeness (QED) is 0.691. The van der Waals surface area contributed by atoms with Gasteiger partial charge in [0.05, 0.1) is 6.61 Å². The lowest BCUT2D eigenvalue weighted by atomic mass is 10.4. The van der Waals surface area contributed by atoms with Crippen LogP contribution < -0.4 is 9.64 Å². The lowest BCUT2D eigenvalue weighted by Crippen LogP contribution is -2.28. The molecule has 0 spiro atoms. The minimum Gasteiger partial charge on any atom is -0.478 e. The lowest BCUT2D eigenvalue weighted by Gasteiger charge is -2.21. The summed E-state index contributed by atoms with van der Waals surface area (Å²) in [6.45, 7) is 8.78. The van der Waals surface area contributed by atoms with Gasteiger partial charge in [-0.15, -0.1) is 0 Å². The fourth-order valence-electron chi connectivity index (χ4n) is 1.63. The molecular weight excluding hydrogens is 294 g/mol. The molecule has 0 amide bonds. The van der Waals surface area contributed by atoms with Gasteiger partial charge in [0, 0.05) is 30.2 Å². The SMILES string of the molecule is CCCOc1cc(C)nc(N(CCC)CCBr)n1. The van der Waals surface area contributed by atoms with E-state index in [0.717, 1.165) is 42.9 Å². The van der Waals surface area contributed by atoms with Crippen LogP contribution in [0.4, 0.5) is 5.95 Å². The second-order valence-corrected chi connectivity index (χ2v) is 4.97. The summed E-state index contributed by atoms with van der Waals surface area (Å²) < 4.78 is 5.59. The highest BCUT2D eigenvalue weighted by atomic mass is 79.9. The second-order valence-electron chi connectivity index (χ2n) is 4.17. The summed E-state index contributed by atoms with van der Waals surface area (Å²) >= 11 is 3.47. The van der Waals surface area contributed by atoms with Gasteiger partial charge in [0.25, 0.3) is 0 Å². The van der Waals surface area contributed by atoms with E-state index < -0.39 is 0 Å². The first-order valence-electron chi connectivity index (χ1n) is 6.50. The van der Waals surface area contributed by atoms with E-state index in [1.165, 1.54) is 0 Å². The van der Waals surface area contributed by atoms with Crippen LogP contribution in [0, 0.1) is 6.92 Å². The highest BCUT2D eigenvalue weighted by molar-refractivity contribution is 9.09. The molecule has 102 valence electrons. The summed E-state index contributed by atoms with van der Waals surface area (Å²) in [5.74, 6) is 1.44. The van der Waals surface area contributed by atoms with Gasteiger partial charge >= 0.3 is 0 Å². The van der Waals surface area contributed by atoms with Crippen molar-refractivity contribution in [3.63, 3.8) is 0 Å². The lowest BCUT2D eigenvalue weighted by molar-refractivity contribution is 0.304. The third-order valence-electron chi connectivity index (χ3n) is 2.40. The molecule has 0 radical (unpaired) electrons. The van der Waals surface area contributed by atoms with E-state index in [9.17, 15) is 0 Å². The summed E-state index contributed by atoms with van der Waals surface area (Å²) in [4.78, 5) is 11.2. The summed E-state index contributed by atoms with van der Waals surface area (Å²) in [5.41, 5.74) is 0.946. The maximum absolute atomic E-state index is 5.59. The standard InChI is InChI=1S/C13H22BrN3O/c1-4-7-17(8-6-14)13-15-11(3)10-12(16-13)18-9-5-2/h10H,4-9H2,1-3H3. The number of aromatic nitrogens is 2. The molecule has 0 fully saturated rings. The third kappa shape index (κ3) is 4.80. The number of alkyl halides is 1. The van der Waals surface area contributed by atoms with Gasteiger partial charge in [-0.1, -0.05) is 29.8 Å². The number of rotatable bonds is 8. The predicted molar refractivity (Wildman–Crippen MR) is 78.9 cm³/mol. The van der Waals surface area contributed by atoms with E-state index in [1.54, 1.807) is 0 Å². The largest absolute Gasteiger partial charge is 0.478 e.